The Morgan fingerprint density at radius 2 is 1.95 bits per heavy atom. The van der Waals surface area contributed by atoms with E-state index in [2.05, 4.69) is 69.0 Å². The largest absolute Gasteiger partial charge is 0.370 e. The van der Waals surface area contributed by atoms with Crippen LogP contribution in [0.4, 0.5) is 5.82 Å². The molecule has 19 heavy (non-hydrogen) atoms. The van der Waals surface area contributed by atoms with Gasteiger partial charge in [-0.25, -0.2) is 4.98 Å². The first-order valence-corrected chi connectivity index (χ1v) is 7.21. The first-order valence-electron chi connectivity index (χ1n) is 7.21. The Morgan fingerprint density at radius 3 is 2.42 bits per heavy atom. The van der Waals surface area contributed by atoms with Crippen molar-refractivity contribution in [3.63, 3.8) is 0 Å². The Hall–Kier alpha value is -1.09. The molecule has 0 unspecified atom stereocenters. The zero-order chi connectivity index (χ0) is 14.5. The summed E-state index contributed by atoms with van der Waals surface area (Å²) < 4.78 is 0. The molecule has 0 saturated carbocycles. The van der Waals surface area contributed by atoms with Gasteiger partial charge in [0.1, 0.15) is 5.82 Å². The van der Waals surface area contributed by atoms with Gasteiger partial charge in [0.2, 0.25) is 0 Å². The zero-order valence-electron chi connectivity index (χ0n) is 13.3. The van der Waals surface area contributed by atoms with E-state index in [-0.39, 0.29) is 5.41 Å². The van der Waals surface area contributed by atoms with Gasteiger partial charge in [0.15, 0.2) is 0 Å². The molecule has 0 aliphatic heterocycles. The van der Waals surface area contributed by atoms with Gasteiger partial charge in [-0.3, -0.25) is 0 Å². The van der Waals surface area contributed by atoms with E-state index in [0.717, 1.165) is 25.3 Å². The number of pyridine rings is 1. The maximum Gasteiger partial charge on any atom is 0.125 e. The molecule has 108 valence electrons. The average molecular weight is 263 g/mol. The molecule has 1 N–H and O–H groups in total. The summed E-state index contributed by atoms with van der Waals surface area (Å²) in [6, 6.07) is 4.85. The smallest absolute Gasteiger partial charge is 0.125 e. The molecule has 3 nitrogen and oxygen atoms in total. The van der Waals surface area contributed by atoms with Crippen LogP contribution in [-0.2, 0) is 5.41 Å². The SMILES string of the molecule is CC(C)N(C)CCCNc1ccc(C(C)(C)C)cn1. The van der Waals surface area contributed by atoms with Gasteiger partial charge in [-0.05, 0) is 50.9 Å². The fourth-order valence-electron chi connectivity index (χ4n) is 1.75. The predicted octanol–water partition coefficient (Wildman–Crippen LogP) is 3.52. The van der Waals surface area contributed by atoms with Crippen molar-refractivity contribution in [1.29, 1.82) is 0 Å². The summed E-state index contributed by atoms with van der Waals surface area (Å²) in [7, 11) is 2.17. The molecular formula is C16H29N3. The normalized spacial score (nSPS) is 12.2. The van der Waals surface area contributed by atoms with Gasteiger partial charge in [0, 0.05) is 18.8 Å². The number of hydrogen-bond acceptors (Lipinski definition) is 3. The topological polar surface area (TPSA) is 28.2 Å². The lowest BCUT2D eigenvalue weighted by atomic mass is 9.88. The van der Waals surface area contributed by atoms with E-state index in [9.17, 15) is 0 Å². The van der Waals surface area contributed by atoms with Crippen molar-refractivity contribution in [1.82, 2.24) is 9.88 Å². The Labute approximate surface area is 118 Å². The van der Waals surface area contributed by atoms with Crippen molar-refractivity contribution in [2.75, 3.05) is 25.5 Å². The molecule has 0 radical (unpaired) electrons. The van der Waals surface area contributed by atoms with E-state index in [0.29, 0.717) is 6.04 Å². The molecule has 1 aromatic rings. The summed E-state index contributed by atoms with van der Waals surface area (Å²) in [5.41, 5.74) is 1.45. The minimum Gasteiger partial charge on any atom is -0.370 e. The third-order valence-electron chi connectivity index (χ3n) is 3.50. The predicted molar refractivity (Wildman–Crippen MR) is 83.8 cm³/mol. The van der Waals surface area contributed by atoms with Crippen LogP contribution in [0.5, 0.6) is 0 Å². The molecule has 0 aliphatic carbocycles. The van der Waals surface area contributed by atoms with Crippen LogP contribution in [0.2, 0.25) is 0 Å². The quantitative estimate of drug-likeness (QED) is 0.796. The molecule has 0 bridgehead atoms. The summed E-state index contributed by atoms with van der Waals surface area (Å²) in [5, 5.41) is 3.38. The van der Waals surface area contributed by atoms with E-state index in [4.69, 9.17) is 0 Å². The van der Waals surface area contributed by atoms with Gasteiger partial charge < -0.3 is 10.2 Å². The van der Waals surface area contributed by atoms with Crippen molar-refractivity contribution in [2.24, 2.45) is 0 Å². The van der Waals surface area contributed by atoms with E-state index in [1.807, 2.05) is 6.20 Å². The third kappa shape index (κ3) is 5.60. The zero-order valence-corrected chi connectivity index (χ0v) is 13.3. The molecular weight excluding hydrogens is 234 g/mol. The molecule has 1 aromatic heterocycles. The monoisotopic (exact) mass is 263 g/mol. The molecule has 3 heteroatoms. The molecule has 1 heterocycles. The van der Waals surface area contributed by atoms with Crippen LogP contribution in [0.15, 0.2) is 18.3 Å². The number of anilines is 1. The van der Waals surface area contributed by atoms with Gasteiger partial charge in [-0.1, -0.05) is 26.8 Å². The van der Waals surface area contributed by atoms with Crippen LogP contribution in [0.25, 0.3) is 0 Å². The van der Waals surface area contributed by atoms with Crippen LogP contribution in [0.1, 0.15) is 46.6 Å². The number of hydrogen-bond donors (Lipinski definition) is 1. The highest BCUT2D eigenvalue weighted by Gasteiger charge is 2.13. The second kappa shape index (κ2) is 6.90. The lowest BCUT2D eigenvalue weighted by Crippen LogP contribution is -2.28. The van der Waals surface area contributed by atoms with Crippen molar-refractivity contribution < 1.29 is 0 Å². The Morgan fingerprint density at radius 1 is 1.26 bits per heavy atom. The minimum absolute atomic E-state index is 0.172. The lowest BCUT2D eigenvalue weighted by Gasteiger charge is -2.21. The fraction of sp³-hybridized carbons (Fsp3) is 0.688. The van der Waals surface area contributed by atoms with Crippen molar-refractivity contribution in [2.45, 2.75) is 52.5 Å². The maximum atomic E-state index is 4.47. The summed E-state index contributed by atoms with van der Waals surface area (Å²) >= 11 is 0. The standard InChI is InChI=1S/C16H29N3/c1-13(2)19(6)11-7-10-17-15-9-8-14(12-18-15)16(3,4)5/h8-9,12-13H,7,10-11H2,1-6H3,(H,17,18). The molecule has 0 amide bonds. The summed E-state index contributed by atoms with van der Waals surface area (Å²) in [4.78, 5) is 6.83. The van der Waals surface area contributed by atoms with Gasteiger partial charge in [-0.15, -0.1) is 0 Å². The van der Waals surface area contributed by atoms with Crippen LogP contribution in [0, 0.1) is 0 Å². The molecule has 0 saturated heterocycles. The van der Waals surface area contributed by atoms with Crippen LogP contribution < -0.4 is 5.32 Å². The van der Waals surface area contributed by atoms with Crippen molar-refractivity contribution in [3.8, 4) is 0 Å². The van der Waals surface area contributed by atoms with Crippen molar-refractivity contribution >= 4 is 5.82 Å². The minimum atomic E-state index is 0.172. The number of aromatic nitrogens is 1. The second-order valence-electron chi connectivity index (χ2n) is 6.54. The third-order valence-corrected chi connectivity index (χ3v) is 3.50. The van der Waals surface area contributed by atoms with E-state index in [1.165, 1.54) is 5.56 Å². The van der Waals surface area contributed by atoms with Crippen LogP contribution in [-0.4, -0.2) is 36.1 Å². The molecule has 0 aromatic carbocycles. The lowest BCUT2D eigenvalue weighted by molar-refractivity contribution is 0.273. The van der Waals surface area contributed by atoms with Gasteiger partial charge in [0.05, 0.1) is 0 Å². The Bertz CT molecular complexity index is 363. The number of nitrogens with zero attached hydrogens (tertiary/aromatic N) is 2. The molecule has 0 atom stereocenters. The average Bonchev–Trinajstić information content (AvgIpc) is 2.33. The van der Waals surface area contributed by atoms with Gasteiger partial charge in [-0.2, -0.15) is 0 Å². The van der Waals surface area contributed by atoms with E-state index in [1.54, 1.807) is 0 Å². The maximum absolute atomic E-state index is 4.47. The summed E-state index contributed by atoms with van der Waals surface area (Å²) in [5.74, 6) is 0.972. The first kappa shape index (κ1) is 16.0. The first-order chi connectivity index (χ1) is 8.80. The molecule has 0 aliphatic rings. The summed E-state index contributed by atoms with van der Waals surface area (Å²) in [6.07, 6.45) is 3.11. The molecule has 0 spiro atoms. The van der Waals surface area contributed by atoms with Gasteiger partial charge in [0.25, 0.3) is 0 Å². The summed E-state index contributed by atoms with van der Waals surface area (Å²) in [6.45, 7) is 13.2. The molecule has 0 fully saturated rings. The Balaban J connectivity index is 2.35. The van der Waals surface area contributed by atoms with E-state index < -0.39 is 0 Å². The Kier molecular flexibility index (Phi) is 5.80. The van der Waals surface area contributed by atoms with Crippen molar-refractivity contribution in [3.05, 3.63) is 23.9 Å². The fourth-order valence-corrected chi connectivity index (χ4v) is 1.75. The second-order valence-corrected chi connectivity index (χ2v) is 6.54. The highest BCUT2D eigenvalue weighted by molar-refractivity contribution is 5.36. The number of nitrogens with one attached hydrogen (secondary N) is 1. The highest BCUT2D eigenvalue weighted by atomic mass is 15.1. The number of rotatable bonds is 6. The molecule has 1 rings (SSSR count). The highest BCUT2D eigenvalue weighted by Crippen LogP contribution is 2.21. The van der Waals surface area contributed by atoms with E-state index >= 15 is 0 Å². The van der Waals surface area contributed by atoms with Crippen LogP contribution in [0.3, 0.4) is 0 Å². The van der Waals surface area contributed by atoms with Crippen LogP contribution >= 0.6 is 0 Å². The van der Waals surface area contributed by atoms with Gasteiger partial charge >= 0.3 is 0 Å².